The van der Waals surface area contributed by atoms with E-state index in [9.17, 15) is 4.79 Å². The monoisotopic (exact) mass is 221 g/mol. The zero-order valence-corrected chi connectivity index (χ0v) is 8.98. The topological polar surface area (TPSA) is 77.2 Å². The maximum Gasteiger partial charge on any atom is 0.250 e. The third-order valence-electron chi connectivity index (χ3n) is 2.62. The molecule has 0 saturated carbocycles. The minimum atomic E-state index is -0.454. The van der Waals surface area contributed by atoms with Crippen molar-refractivity contribution in [3.63, 3.8) is 0 Å². The third-order valence-corrected chi connectivity index (χ3v) is 2.62. The second-order valence-corrected chi connectivity index (χ2v) is 3.83. The van der Waals surface area contributed by atoms with E-state index in [-0.39, 0.29) is 0 Å². The van der Waals surface area contributed by atoms with Gasteiger partial charge in [0, 0.05) is 25.5 Å². The summed E-state index contributed by atoms with van der Waals surface area (Å²) in [6.07, 6.45) is 3.46. The lowest BCUT2D eigenvalue weighted by molar-refractivity contribution is 0.0904. The highest BCUT2D eigenvalue weighted by atomic mass is 16.5. The highest BCUT2D eigenvalue weighted by Gasteiger charge is 2.13. The molecule has 0 atom stereocenters. The van der Waals surface area contributed by atoms with Crippen LogP contribution in [0.5, 0.6) is 0 Å². The van der Waals surface area contributed by atoms with Crippen LogP contribution < -0.4 is 11.1 Å². The maximum atomic E-state index is 10.8. The quantitative estimate of drug-likeness (QED) is 0.790. The SMILES string of the molecule is NC(=O)c1ccc(NC2CCOCC2)nc1. The molecule has 1 aliphatic heterocycles. The van der Waals surface area contributed by atoms with E-state index in [1.165, 1.54) is 6.20 Å². The fraction of sp³-hybridized carbons (Fsp3) is 0.455. The molecular formula is C11H15N3O2. The Labute approximate surface area is 94.0 Å². The lowest BCUT2D eigenvalue weighted by Crippen LogP contribution is -2.28. The first-order chi connectivity index (χ1) is 7.75. The molecule has 1 amide bonds. The molecule has 1 aromatic rings. The van der Waals surface area contributed by atoms with E-state index >= 15 is 0 Å². The predicted octanol–water partition coefficient (Wildman–Crippen LogP) is 0.771. The Morgan fingerprint density at radius 1 is 1.44 bits per heavy atom. The number of pyridine rings is 1. The Bertz CT molecular complexity index is 358. The molecule has 0 aromatic carbocycles. The van der Waals surface area contributed by atoms with Crippen molar-refractivity contribution in [3.8, 4) is 0 Å². The number of hydrogen-bond acceptors (Lipinski definition) is 4. The Morgan fingerprint density at radius 2 is 2.19 bits per heavy atom. The number of carbonyl (C=O) groups is 1. The van der Waals surface area contributed by atoms with Crippen molar-refractivity contribution in [3.05, 3.63) is 23.9 Å². The average molecular weight is 221 g/mol. The van der Waals surface area contributed by atoms with Crippen LogP contribution in [-0.4, -0.2) is 30.1 Å². The van der Waals surface area contributed by atoms with Crippen LogP contribution in [0.25, 0.3) is 0 Å². The summed E-state index contributed by atoms with van der Waals surface area (Å²) in [5, 5.41) is 3.30. The second-order valence-electron chi connectivity index (χ2n) is 3.83. The predicted molar refractivity (Wildman–Crippen MR) is 60.2 cm³/mol. The smallest absolute Gasteiger partial charge is 0.250 e. The van der Waals surface area contributed by atoms with Gasteiger partial charge >= 0.3 is 0 Å². The maximum absolute atomic E-state index is 10.8. The van der Waals surface area contributed by atoms with Gasteiger partial charge in [-0.1, -0.05) is 0 Å². The van der Waals surface area contributed by atoms with Gasteiger partial charge < -0.3 is 15.8 Å². The minimum Gasteiger partial charge on any atom is -0.381 e. The Hall–Kier alpha value is -1.62. The van der Waals surface area contributed by atoms with Crippen molar-refractivity contribution in [1.29, 1.82) is 0 Å². The largest absolute Gasteiger partial charge is 0.381 e. The number of nitrogens with zero attached hydrogens (tertiary/aromatic N) is 1. The lowest BCUT2D eigenvalue weighted by Gasteiger charge is -2.23. The molecule has 86 valence electrons. The molecule has 0 aliphatic carbocycles. The molecule has 0 bridgehead atoms. The van der Waals surface area contributed by atoms with E-state index < -0.39 is 5.91 Å². The van der Waals surface area contributed by atoms with Crippen LogP contribution in [-0.2, 0) is 4.74 Å². The van der Waals surface area contributed by atoms with Crippen LogP contribution in [0.3, 0.4) is 0 Å². The summed E-state index contributed by atoms with van der Waals surface area (Å²) in [6.45, 7) is 1.58. The van der Waals surface area contributed by atoms with E-state index in [4.69, 9.17) is 10.5 Å². The highest BCUT2D eigenvalue weighted by Crippen LogP contribution is 2.13. The fourth-order valence-electron chi connectivity index (χ4n) is 1.68. The lowest BCUT2D eigenvalue weighted by atomic mass is 10.1. The number of nitrogens with one attached hydrogen (secondary N) is 1. The van der Waals surface area contributed by atoms with Crippen LogP contribution in [0.2, 0.25) is 0 Å². The summed E-state index contributed by atoms with van der Waals surface area (Å²) in [6, 6.07) is 3.85. The molecule has 1 saturated heterocycles. The number of nitrogens with two attached hydrogens (primary N) is 1. The number of carbonyl (C=O) groups excluding carboxylic acids is 1. The zero-order valence-electron chi connectivity index (χ0n) is 8.98. The fourth-order valence-corrected chi connectivity index (χ4v) is 1.68. The molecule has 5 heteroatoms. The van der Waals surface area contributed by atoms with Gasteiger partial charge in [-0.3, -0.25) is 4.79 Å². The van der Waals surface area contributed by atoms with Gasteiger partial charge in [0.25, 0.3) is 0 Å². The molecule has 16 heavy (non-hydrogen) atoms. The normalized spacial score (nSPS) is 17.0. The number of rotatable bonds is 3. The minimum absolute atomic E-state index is 0.403. The van der Waals surface area contributed by atoms with Gasteiger partial charge in [0.05, 0.1) is 5.56 Å². The van der Waals surface area contributed by atoms with E-state index in [0.717, 1.165) is 31.9 Å². The number of hydrogen-bond donors (Lipinski definition) is 2. The Kier molecular flexibility index (Phi) is 3.36. The molecule has 2 rings (SSSR count). The van der Waals surface area contributed by atoms with Crippen molar-refractivity contribution in [2.45, 2.75) is 18.9 Å². The molecule has 1 fully saturated rings. The first-order valence-electron chi connectivity index (χ1n) is 5.36. The van der Waals surface area contributed by atoms with Crippen LogP contribution >= 0.6 is 0 Å². The summed E-state index contributed by atoms with van der Waals surface area (Å²) in [5.41, 5.74) is 5.56. The molecular weight excluding hydrogens is 206 g/mol. The summed E-state index contributed by atoms with van der Waals surface area (Å²) < 4.78 is 5.27. The van der Waals surface area contributed by atoms with Gasteiger partial charge in [-0.05, 0) is 25.0 Å². The van der Waals surface area contributed by atoms with Crippen molar-refractivity contribution in [1.82, 2.24) is 4.98 Å². The first-order valence-corrected chi connectivity index (χ1v) is 5.36. The van der Waals surface area contributed by atoms with Crippen molar-refractivity contribution in [2.75, 3.05) is 18.5 Å². The summed E-state index contributed by atoms with van der Waals surface area (Å²) >= 11 is 0. The summed E-state index contributed by atoms with van der Waals surface area (Å²) in [5.74, 6) is 0.321. The van der Waals surface area contributed by atoms with Crippen molar-refractivity contribution < 1.29 is 9.53 Å². The van der Waals surface area contributed by atoms with Gasteiger partial charge in [-0.2, -0.15) is 0 Å². The summed E-state index contributed by atoms with van der Waals surface area (Å²) in [7, 11) is 0. The van der Waals surface area contributed by atoms with Crippen LogP contribution in [0.15, 0.2) is 18.3 Å². The Morgan fingerprint density at radius 3 is 2.75 bits per heavy atom. The number of primary amides is 1. The van der Waals surface area contributed by atoms with Gasteiger partial charge in [-0.25, -0.2) is 4.98 Å². The Balaban J connectivity index is 1.96. The standard InChI is InChI=1S/C11H15N3O2/c12-11(15)8-1-2-10(13-7-8)14-9-3-5-16-6-4-9/h1-2,7,9H,3-6H2,(H2,12,15)(H,13,14). The van der Waals surface area contributed by atoms with E-state index in [1.807, 2.05) is 0 Å². The zero-order chi connectivity index (χ0) is 11.4. The molecule has 0 spiro atoms. The molecule has 0 radical (unpaired) electrons. The molecule has 2 heterocycles. The van der Waals surface area contributed by atoms with E-state index in [2.05, 4.69) is 10.3 Å². The van der Waals surface area contributed by atoms with E-state index in [0.29, 0.717) is 11.6 Å². The molecule has 1 aliphatic rings. The second kappa shape index (κ2) is 4.94. The number of amides is 1. The third kappa shape index (κ3) is 2.70. The van der Waals surface area contributed by atoms with Gasteiger partial charge in [0.15, 0.2) is 0 Å². The molecule has 1 aromatic heterocycles. The van der Waals surface area contributed by atoms with Gasteiger partial charge in [0.1, 0.15) is 5.82 Å². The van der Waals surface area contributed by atoms with Gasteiger partial charge in [0.2, 0.25) is 5.91 Å². The highest BCUT2D eigenvalue weighted by molar-refractivity contribution is 5.92. The van der Waals surface area contributed by atoms with Crippen molar-refractivity contribution in [2.24, 2.45) is 5.73 Å². The van der Waals surface area contributed by atoms with Gasteiger partial charge in [-0.15, -0.1) is 0 Å². The molecule has 0 unspecified atom stereocenters. The van der Waals surface area contributed by atoms with Crippen LogP contribution in [0.1, 0.15) is 23.2 Å². The summed E-state index contributed by atoms with van der Waals surface area (Å²) in [4.78, 5) is 15.0. The average Bonchev–Trinajstić information content (AvgIpc) is 2.31. The molecule has 3 N–H and O–H groups in total. The molecule has 5 nitrogen and oxygen atoms in total. The number of aromatic nitrogens is 1. The number of anilines is 1. The first kappa shape index (κ1) is 10.9. The van der Waals surface area contributed by atoms with Crippen LogP contribution in [0, 0.1) is 0 Å². The number of ether oxygens (including phenoxy) is 1. The van der Waals surface area contributed by atoms with E-state index in [1.54, 1.807) is 12.1 Å². The van der Waals surface area contributed by atoms with Crippen molar-refractivity contribution >= 4 is 11.7 Å². The van der Waals surface area contributed by atoms with Crippen LogP contribution in [0.4, 0.5) is 5.82 Å².